The van der Waals surface area contributed by atoms with Crippen LogP contribution in [-0.4, -0.2) is 22.1 Å². The fourth-order valence-corrected chi connectivity index (χ4v) is 2.67. The van der Waals surface area contributed by atoms with Gasteiger partial charge in [-0.2, -0.15) is 0 Å². The molecule has 0 fully saturated rings. The van der Waals surface area contributed by atoms with Gasteiger partial charge in [-0.15, -0.1) is 0 Å². The molecule has 10 nitrogen and oxygen atoms in total. The molecule has 1 aromatic heterocycles. The number of ether oxygens (including phenoxy) is 2. The van der Waals surface area contributed by atoms with E-state index in [9.17, 15) is 20.2 Å². The average molecular weight is 411 g/mol. The Bertz CT molecular complexity index is 1100. The second-order valence-electron chi connectivity index (χ2n) is 6.19. The van der Waals surface area contributed by atoms with E-state index in [1.165, 1.54) is 32.2 Å². The van der Waals surface area contributed by atoms with Crippen molar-refractivity contribution in [1.29, 1.82) is 0 Å². The van der Waals surface area contributed by atoms with Gasteiger partial charge in [-0.05, 0) is 48.4 Å². The van der Waals surface area contributed by atoms with Crippen LogP contribution in [0.1, 0.15) is 22.6 Å². The van der Waals surface area contributed by atoms with Gasteiger partial charge in [0.05, 0.1) is 17.0 Å². The molecule has 0 amide bonds. The maximum absolute atomic E-state index is 11.1. The lowest BCUT2D eigenvalue weighted by molar-refractivity contribution is -0.386. The molecular weight excluding hydrogens is 394 g/mol. The van der Waals surface area contributed by atoms with Gasteiger partial charge in [-0.3, -0.25) is 20.2 Å². The Morgan fingerprint density at radius 1 is 1.03 bits per heavy atom. The highest BCUT2D eigenvalue weighted by Crippen LogP contribution is 2.30. The van der Waals surface area contributed by atoms with E-state index in [-0.39, 0.29) is 29.4 Å². The SMILES string of the molecule is COc1cc(/C=C\c2onc(C)c2[N+](=O)[O-])ccc1OCc1ccc([N+](=O)[O-])cc1. The van der Waals surface area contributed by atoms with Crippen molar-refractivity contribution in [2.24, 2.45) is 0 Å². The van der Waals surface area contributed by atoms with Gasteiger partial charge in [-0.1, -0.05) is 17.3 Å². The highest BCUT2D eigenvalue weighted by Gasteiger charge is 2.21. The number of hydrogen-bond donors (Lipinski definition) is 0. The summed E-state index contributed by atoms with van der Waals surface area (Å²) in [6.07, 6.45) is 3.10. The first-order valence-electron chi connectivity index (χ1n) is 8.72. The minimum absolute atomic E-state index is 0.00894. The maximum atomic E-state index is 11.1. The summed E-state index contributed by atoms with van der Waals surface area (Å²) < 4.78 is 16.1. The Morgan fingerprint density at radius 3 is 2.40 bits per heavy atom. The molecule has 3 rings (SSSR count). The molecule has 0 aliphatic carbocycles. The molecule has 0 aliphatic rings. The van der Waals surface area contributed by atoms with E-state index in [0.717, 1.165) is 5.56 Å². The Balaban J connectivity index is 1.73. The standard InChI is InChI=1S/C20H17N3O7/c1-13-20(23(26)27)18(30-21-13)10-6-14-5-9-17(19(11-14)28-2)29-12-15-3-7-16(8-4-15)22(24)25/h3-11H,12H2,1-2H3/b10-6-. The van der Waals surface area contributed by atoms with Crippen LogP contribution in [0.25, 0.3) is 12.2 Å². The second-order valence-corrected chi connectivity index (χ2v) is 6.19. The number of rotatable bonds is 8. The summed E-state index contributed by atoms with van der Waals surface area (Å²) >= 11 is 0. The predicted octanol–water partition coefficient (Wildman–Crippen LogP) is 4.56. The van der Waals surface area contributed by atoms with Gasteiger partial charge in [-0.25, -0.2) is 0 Å². The van der Waals surface area contributed by atoms with Crippen molar-refractivity contribution in [3.8, 4) is 11.5 Å². The number of non-ortho nitro benzene ring substituents is 1. The van der Waals surface area contributed by atoms with Crippen LogP contribution in [0.15, 0.2) is 47.0 Å². The molecule has 0 saturated heterocycles. The molecule has 0 unspecified atom stereocenters. The molecule has 1 heterocycles. The minimum atomic E-state index is -0.540. The molecule has 0 spiro atoms. The first kappa shape index (κ1) is 20.5. The summed E-state index contributed by atoms with van der Waals surface area (Å²) in [7, 11) is 1.49. The van der Waals surface area contributed by atoms with Crippen LogP contribution in [0, 0.1) is 27.2 Å². The number of aromatic nitrogens is 1. The summed E-state index contributed by atoms with van der Waals surface area (Å²) in [6.45, 7) is 1.70. The van der Waals surface area contributed by atoms with E-state index >= 15 is 0 Å². The lowest BCUT2D eigenvalue weighted by Crippen LogP contribution is -1.98. The number of nitrogens with zero attached hydrogens (tertiary/aromatic N) is 3. The van der Waals surface area contributed by atoms with Crippen LogP contribution in [-0.2, 0) is 6.61 Å². The Kier molecular flexibility index (Phi) is 6.06. The first-order chi connectivity index (χ1) is 14.4. The molecule has 0 bridgehead atoms. The van der Waals surface area contributed by atoms with Gasteiger partial charge in [0.1, 0.15) is 6.61 Å². The molecule has 0 saturated carbocycles. The third-order valence-corrected chi connectivity index (χ3v) is 4.20. The Labute approximate surface area is 170 Å². The van der Waals surface area contributed by atoms with Crippen LogP contribution in [0.5, 0.6) is 11.5 Å². The van der Waals surface area contributed by atoms with Crippen LogP contribution < -0.4 is 9.47 Å². The van der Waals surface area contributed by atoms with Crippen molar-refractivity contribution in [2.75, 3.05) is 7.11 Å². The Hall–Kier alpha value is -4.21. The number of nitro benzene ring substituents is 1. The highest BCUT2D eigenvalue weighted by molar-refractivity contribution is 5.72. The van der Waals surface area contributed by atoms with Gasteiger partial charge in [0.2, 0.25) is 5.76 Å². The fraction of sp³-hybridized carbons (Fsp3) is 0.150. The van der Waals surface area contributed by atoms with Gasteiger partial charge in [0.25, 0.3) is 5.69 Å². The van der Waals surface area contributed by atoms with Crippen molar-refractivity contribution < 1.29 is 23.8 Å². The normalized spacial score (nSPS) is 10.9. The fourth-order valence-electron chi connectivity index (χ4n) is 2.67. The van der Waals surface area contributed by atoms with E-state index in [2.05, 4.69) is 5.16 Å². The van der Waals surface area contributed by atoms with E-state index in [4.69, 9.17) is 14.0 Å². The number of hydrogen-bond acceptors (Lipinski definition) is 8. The van der Waals surface area contributed by atoms with E-state index < -0.39 is 9.85 Å². The van der Waals surface area contributed by atoms with Gasteiger partial charge >= 0.3 is 5.69 Å². The van der Waals surface area contributed by atoms with Crippen molar-refractivity contribution in [3.63, 3.8) is 0 Å². The van der Waals surface area contributed by atoms with E-state index in [1.807, 2.05) is 0 Å². The zero-order valence-corrected chi connectivity index (χ0v) is 16.1. The Morgan fingerprint density at radius 2 is 1.77 bits per heavy atom. The number of aryl methyl sites for hydroxylation is 1. The van der Waals surface area contributed by atoms with Crippen LogP contribution in [0.2, 0.25) is 0 Å². The van der Waals surface area contributed by atoms with Crippen molar-refractivity contribution in [1.82, 2.24) is 5.16 Å². The molecule has 0 atom stereocenters. The van der Waals surface area contributed by atoms with Crippen LogP contribution in [0.3, 0.4) is 0 Å². The van der Waals surface area contributed by atoms with E-state index in [1.54, 1.807) is 36.4 Å². The molecule has 0 aliphatic heterocycles. The number of nitro groups is 2. The smallest absolute Gasteiger partial charge is 0.338 e. The summed E-state index contributed by atoms with van der Waals surface area (Å²) in [5.41, 5.74) is 1.50. The van der Waals surface area contributed by atoms with Gasteiger partial charge < -0.3 is 14.0 Å². The lowest BCUT2D eigenvalue weighted by Gasteiger charge is -2.11. The third kappa shape index (κ3) is 4.61. The summed E-state index contributed by atoms with van der Waals surface area (Å²) in [4.78, 5) is 20.8. The quantitative estimate of drug-likeness (QED) is 0.389. The van der Waals surface area contributed by atoms with Crippen LogP contribution >= 0.6 is 0 Å². The van der Waals surface area contributed by atoms with Crippen LogP contribution in [0.4, 0.5) is 11.4 Å². The molecule has 10 heteroatoms. The monoisotopic (exact) mass is 411 g/mol. The summed E-state index contributed by atoms with van der Waals surface area (Å²) in [5.74, 6) is 0.992. The second kappa shape index (κ2) is 8.86. The zero-order chi connectivity index (χ0) is 21.7. The molecule has 3 aromatic rings. The molecule has 0 N–H and O–H groups in total. The molecule has 154 valence electrons. The number of methoxy groups -OCH3 is 1. The number of benzene rings is 2. The average Bonchev–Trinajstić information content (AvgIpc) is 3.11. The molecule has 30 heavy (non-hydrogen) atoms. The molecular formula is C20H17N3O7. The predicted molar refractivity (Wildman–Crippen MR) is 107 cm³/mol. The minimum Gasteiger partial charge on any atom is -0.493 e. The zero-order valence-electron chi connectivity index (χ0n) is 16.1. The highest BCUT2D eigenvalue weighted by atomic mass is 16.6. The first-order valence-corrected chi connectivity index (χ1v) is 8.72. The lowest BCUT2D eigenvalue weighted by atomic mass is 10.1. The summed E-state index contributed by atoms with van der Waals surface area (Å²) in [5, 5.41) is 25.4. The molecule has 0 radical (unpaired) electrons. The molecule has 2 aromatic carbocycles. The van der Waals surface area contributed by atoms with Gasteiger partial charge in [0.15, 0.2) is 17.2 Å². The van der Waals surface area contributed by atoms with E-state index in [0.29, 0.717) is 17.1 Å². The maximum Gasteiger partial charge on any atom is 0.338 e. The van der Waals surface area contributed by atoms with Crippen molar-refractivity contribution >= 4 is 23.5 Å². The third-order valence-electron chi connectivity index (χ3n) is 4.20. The largest absolute Gasteiger partial charge is 0.493 e. The summed E-state index contributed by atoms with van der Waals surface area (Å²) in [6, 6.07) is 11.2. The van der Waals surface area contributed by atoms with Gasteiger partial charge in [0, 0.05) is 12.1 Å². The topological polar surface area (TPSA) is 131 Å². The van der Waals surface area contributed by atoms with Crippen molar-refractivity contribution in [3.05, 3.63) is 85.3 Å². The van der Waals surface area contributed by atoms with Crippen molar-refractivity contribution in [2.45, 2.75) is 13.5 Å².